The van der Waals surface area contributed by atoms with E-state index in [1.807, 2.05) is 65.0 Å². The van der Waals surface area contributed by atoms with Crippen LogP contribution in [0.2, 0.25) is 36.3 Å². The maximum Gasteiger partial charge on any atom is 0.416 e. The Hall–Kier alpha value is -2.02. The van der Waals surface area contributed by atoms with Crippen molar-refractivity contribution < 1.29 is 33.1 Å². The molecule has 0 aromatic heterocycles. The molecule has 2 amide bonds. The van der Waals surface area contributed by atoms with Crippen LogP contribution in [0, 0.1) is 11.8 Å². The molecule has 1 aromatic rings. The van der Waals surface area contributed by atoms with E-state index in [0.29, 0.717) is 6.42 Å². The van der Waals surface area contributed by atoms with Gasteiger partial charge in [0.1, 0.15) is 6.61 Å². The van der Waals surface area contributed by atoms with Crippen molar-refractivity contribution in [2.75, 3.05) is 6.61 Å². The number of hydrogen-bond acceptors (Lipinski definition) is 6. The van der Waals surface area contributed by atoms with Crippen molar-refractivity contribution in [3.63, 3.8) is 0 Å². The van der Waals surface area contributed by atoms with Gasteiger partial charge in [0.05, 0.1) is 29.1 Å². The predicted octanol–water partition coefficient (Wildman–Crippen LogP) is 9.79. The summed E-state index contributed by atoms with van der Waals surface area (Å²) in [5, 5.41) is 9.19. The first-order chi connectivity index (χ1) is 19.6. The molecule has 1 heterocycles. The number of benzene rings is 1. The molecule has 0 saturated carbocycles. The van der Waals surface area contributed by atoms with Gasteiger partial charge in [-0.3, -0.25) is 9.59 Å². The highest BCUT2D eigenvalue weighted by atomic mass is 28.4. The number of carboxylic acid groups (broad SMARTS) is 1. The van der Waals surface area contributed by atoms with Crippen molar-refractivity contribution in [3.8, 4) is 0 Å². The van der Waals surface area contributed by atoms with E-state index in [-0.39, 0.29) is 43.5 Å². The third-order valence-corrected chi connectivity index (χ3v) is 19.3. The Bertz CT molecular complexity index is 1140. The van der Waals surface area contributed by atoms with Gasteiger partial charge in [0.2, 0.25) is 5.91 Å². The fourth-order valence-corrected chi connectivity index (χ4v) is 7.96. The largest absolute Gasteiger partial charge is 0.481 e. The van der Waals surface area contributed by atoms with Gasteiger partial charge in [-0.25, -0.2) is 9.69 Å². The Morgan fingerprint density at radius 2 is 1.22 bits per heavy atom. The Balaban J connectivity index is 0. The van der Waals surface area contributed by atoms with Gasteiger partial charge >= 0.3 is 12.1 Å². The molecule has 2 rings (SSSR count). The fraction of sp³-hybridized carbons (Fsp3) is 0.750. The van der Waals surface area contributed by atoms with Gasteiger partial charge in [0.25, 0.3) is 0 Å². The summed E-state index contributed by atoms with van der Waals surface area (Å²) in [4.78, 5) is 38.0. The highest BCUT2D eigenvalue weighted by molar-refractivity contribution is 6.74. The lowest BCUT2D eigenvalue weighted by Crippen LogP contribution is -2.54. The Morgan fingerprint density at radius 1 is 0.826 bits per heavy atom. The summed E-state index contributed by atoms with van der Waals surface area (Å²) >= 11 is 0. The van der Waals surface area contributed by atoms with Crippen molar-refractivity contribution in [2.45, 2.75) is 158 Å². The average Bonchev–Trinajstić information content (AvgIpc) is 3.20. The highest BCUT2D eigenvalue weighted by Crippen LogP contribution is 2.42. The number of carboxylic acids is 1. The molecule has 46 heavy (non-hydrogen) atoms. The van der Waals surface area contributed by atoms with Crippen LogP contribution in [-0.4, -0.2) is 68.5 Å². The van der Waals surface area contributed by atoms with Gasteiger partial charge in [-0.05, 0) is 82.9 Å². The number of cyclic esters (lactones) is 1. The van der Waals surface area contributed by atoms with E-state index >= 15 is 0 Å². The molecule has 0 unspecified atom stereocenters. The number of carbonyl (C=O) groups is 3. The molecule has 1 aliphatic heterocycles. The van der Waals surface area contributed by atoms with E-state index in [2.05, 4.69) is 67.7 Å². The van der Waals surface area contributed by atoms with E-state index in [9.17, 15) is 14.4 Å². The van der Waals surface area contributed by atoms with E-state index in [4.69, 9.17) is 18.7 Å². The number of nitrogens with zero attached hydrogens (tertiary/aromatic N) is 1. The summed E-state index contributed by atoms with van der Waals surface area (Å²) in [5.41, 5.74) is -0.220. The normalized spacial score (nSPS) is 17.4. The standard InChI is InChI=1S/C22H35NO4Si.C12H26O3Si.2CH4/c1-16(22(5,6)27-28(7,8)21(2,3)4)19(24)23-18(15-26-20(23)25)14-17-12-10-9-11-13-17;1-9(10(13)14)12(5,6)15-16(7,8)11(2,3)4;;/h9-13,16,18H,14-15H2,1-8H3;9H,1-8H3,(H,13,14);2*1H4/t16-,18-;9-;;/m11../s1. The highest BCUT2D eigenvalue weighted by Gasteiger charge is 2.48. The van der Waals surface area contributed by atoms with Gasteiger partial charge in [0, 0.05) is 0 Å². The predicted molar refractivity (Wildman–Crippen MR) is 196 cm³/mol. The second-order valence-corrected chi connectivity index (χ2v) is 25.8. The Labute approximate surface area is 284 Å². The minimum absolute atomic E-state index is 0. The van der Waals surface area contributed by atoms with E-state index < -0.39 is 51.7 Å². The van der Waals surface area contributed by atoms with Gasteiger partial charge in [0.15, 0.2) is 16.6 Å². The quantitative estimate of drug-likeness (QED) is 0.245. The molecule has 1 N–H and O–H groups in total. The first-order valence-electron chi connectivity index (χ1n) is 15.7. The number of rotatable bonds is 10. The smallest absolute Gasteiger partial charge is 0.416 e. The molecule has 268 valence electrons. The molecular weight excluding hydrogens is 615 g/mol. The number of ether oxygens (including phenoxy) is 1. The molecule has 0 radical (unpaired) electrons. The van der Waals surface area contributed by atoms with Crippen LogP contribution in [0.25, 0.3) is 0 Å². The minimum Gasteiger partial charge on any atom is -0.481 e. The molecule has 1 aromatic carbocycles. The summed E-state index contributed by atoms with van der Waals surface area (Å²) in [6.07, 6.45) is 0.0371. The van der Waals surface area contributed by atoms with Crippen LogP contribution in [-0.2, 0) is 29.6 Å². The summed E-state index contributed by atoms with van der Waals surface area (Å²) in [5.74, 6) is -2.00. The first-order valence-corrected chi connectivity index (χ1v) is 21.6. The fourth-order valence-electron chi connectivity index (χ4n) is 4.37. The third-order valence-electron chi connectivity index (χ3n) is 9.99. The van der Waals surface area contributed by atoms with Gasteiger partial charge in [-0.1, -0.05) is 93.7 Å². The zero-order valence-electron chi connectivity index (χ0n) is 30.4. The molecule has 1 aliphatic rings. The molecule has 10 heteroatoms. The second kappa shape index (κ2) is 16.4. The van der Waals surface area contributed by atoms with Crippen molar-refractivity contribution in [1.82, 2.24) is 4.90 Å². The monoisotopic (exact) mass is 683 g/mol. The first kappa shape index (κ1) is 46.1. The summed E-state index contributed by atoms with van der Waals surface area (Å²) in [7, 11) is -3.98. The molecular formula is C36H69NO7Si2. The molecule has 1 saturated heterocycles. The van der Waals surface area contributed by atoms with Crippen LogP contribution in [0.15, 0.2) is 30.3 Å². The number of carbonyl (C=O) groups excluding carboxylic acids is 2. The summed E-state index contributed by atoms with van der Waals surface area (Å²) < 4.78 is 18.0. The number of imide groups is 1. The lowest BCUT2D eigenvalue weighted by molar-refractivity contribution is -0.148. The maximum atomic E-state index is 13.3. The Morgan fingerprint density at radius 3 is 1.59 bits per heavy atom. The molecule has 0 bridgehead atoms. The molecule has 8 nitrogen and oxygen atoms in total. The van der Waals surface area contributed by atoms with Crippen LogP contribution in [0.3, 0.4) is 0 Å². The van der Waals surface area contributed by atoms with Crippen molar-refractivity contribution in [1.29, 1.82) is 0 Å². The lowest BCUT2D eigenvalue weighted by Gasteiger charge is -2.45. The van der Waals surface area contributed by atoms with Crippen LogP contribution in [0.5, 0.6) is 0 Å². The minimum atomic E-state index is -2.07. The summed E-state index contributed by atoms with van der Waals surface area (Å²) in [6, 6.07) is 9.58. The van der Waals surface area contributed by atoms with E-state index in [1.54, 1.807) is 6.92 Å². The number of aliphatic carboxylic acids is 1. The van der Waals surface area contributed by atoms with Crippen molar-refractivity contribution in [2.24, 2.45) is 11.8 Å². The van der Waals surface area contributed by atoms with E-state index in [1.165, 1.54) is 4.90 Å². The number of hydrogen-bond donors (Lipinski definition) is 1. The second-order valence-electron chi connectivity index (χ2n) is 16.3. The average molecular weight is 684 g/mol. The molecule has 0 spiro atoms. The molecule has 3 atom stereocenters. The number of amides is 2. The van der Waals surface area contributed by atoms with Crippen LogP contribution < -0.4 is 0 Å². The topological polar surface area (TPSA) is 102 Å². The van der Waals surface area contributed by atoms with Gasteiger partial charge in [-0.15, -0.1) is 0 Å². The van der Waals surface area contributed by atoms with Gasteiger partial charge < -0.3 is 18.7 Å². The SMILES string of the molecule is C.C.C[C@H](C(=O)N1C(=O)OC[C@H]1Cc1ccccc1)C(C)(C)O[Si](C)(C)C(C)(C)C.C[C@H](C(=O)O)C(C)(C)O[Si](C)(C)C(C)(C)C. The zero-order valence-corrected chi connectivity index (χ0v) is 32.4. The lowest BCUT2D eigenvalue weighted by atomic mass is 9.91. The summed E-state index contributed by atoms with van der Waals surface area (Å²) in [6.45, 7) is 33.0. The van der Waals surface area contributed by atoms with Crippen molar-refractivity contribution in [3.05, 3.63) is 35.9 Å². The van der Waals surface area contributed by atoms with Crippen LogP contribution >= 0.6 is 0 Å². The zero-order chi connectivity index (χ0) is 34.7. The third kappa shape index (κ3) is 11.9. The van der Waals surface area contributed by atoms with Crippen molar-refractivity contribution >= 4 is 34.6 Å². The van der Waals surface area contributed by atoms with Crippen LogP contribution in [0.4, 0.5) is 4.79 Å². The Kier molecular flexibility index (Phi) is 16.4. The van der Waals surface area contributed by atoms with Crippen LogP contribution in [0.1, 0.15) is 104 Å². The molecule has 0 aliphatic carbocycles. The van der Waals surface area contributed by atoms with Gasteiger partial charge in [-0.2, -0.15) is 0 Å². The van der Waals surface area contributed by atoms with E-state index in [0.717, 1.165) is 5.56 Å². The molecule has 1 fully saturated rings. The maximum absolute atomic E-state index is 13.3.